The van der Waals surface area contributed by atoms with Crippen molar-refractivity contribution in [2.45, 2.75) is 51.0 Å². The number of amides is 2. The summed E-state index contributed by atoms with van der Waals surface area (Å²) in [6.45, 7) is 1.67. The van der Waals surface area contributed by atoms with Crippen molar-refractivity contribution in [3.8, 4) is 0 Å². The smallest absolute Gasteiger partial charge is 0.237 e. The number of nitrogens with one attached hydrogen (secondary N) is 1. The molecule has 1 spiro atoms. The molecule has 0 aromatic heterocycles. The van der Waals surface area contributed by atoms with Gasteiger partial charge in [0.25, 0.3) is 0 Å². The highest BCUT2D eigenvalue weighted by atomic mass is 35.5. The molecule has 1 aliphatic carbocycles. The summed E-state index contributed by atoms with van der Waals surface area (Å²) in [5.41, 5.74) is -0.391. The fourth-order valence-electron chi connectivity index (χ4n) is 3.65. The maximum Gasteiger partial charge on any atom is 0.237 e. The molecular formula is C13H21ClN2O2. The summed E-state index contributed by atoms with van der Waals surface area (Å²) in [5.74, 6) is 0.187. The van der Waals surface area contributed by atoms with Crippen molar-refractivity contribution < 1.29 is 9.59 Å². The minimum absolute atomic E-state index is 0. The van der Waals surface area contributed by atoms with E-state index in [0.717, 1.165) is 45.1 Å². The molecule has 2 amide bonds. The SMILES string of the molecule is Cl.O=C1CC2(CCCNC2)C(=O)N1C1CCCC1. The van der Waals surface area contributed by atoms with Gasteiger partial charge in [-0.1, -0.05) is 12.8 Å². The molecule has 0 radical (unpaired) electrons. The highest BCUT2D eigenvalue weighted by molar-refractivity contribution is 6.06. The number of nitrogens with zero attached hydrogens (tertiary/aromatic N) is 1. The Labute approximate surface area is 114 Å². The summed E-state index contributed by atoms with van der Waals surface area (Å²) >= 11 is 0. The second-order valence-electron chi connectivity index (χ2n) is 5.74. The van der Waals surface area contributed by atoms with Gasteiger partial charge in [0.2, 0.25) is 11.8 Å². The number of likely N-dealkylation sites (tertiary alicyclic amines) is 1. The van der Waals surface area contributed by atoms with Crippen molar-refractivity contribution in [3.63, 3.8) is 0 Å². The highest BCUT2D eigenvalue weighted by Gasteiger charge is 2.53. The van der Waals surface area contributed by atoms with Crippen molar-refractivity contribution in [2.75, 3.05) is 13.1 Å². The molecule has 1 atom stereocenters. The van der Waals surface area contributed by atoms with Gasteiger partial charge in [-0.3, -0.25) is 14.5 Å². The molecule has 18 heavy (non-hydrogen) atoms. The van der Waals surface area contributed by atoms with Crippen LogP contribution >= 0.6 is 12.4 Å². The number of carbonyl (C=O) groups excluding carboxylic acids is 2. The number of hydrogen-bond acceptors (Lipinski definition) is 3. The molecule has 1 N–H and O–H groups in total. The van der Waals surface area contributed by atoms with Gasteiger partial charge in [-0.05, 0) is 32.2 Å². The molecule has 0 aromatic rings. The number of carbonyl (C=O) groups is 2. The first-order valence-corrected chi connectivity index (χ1v) is 6.80. The lowest BCUT2D eigenvalue weighted by Crippen LogP contribution is -2.47. The number of rotatable bonds is 1. The predicted molar refractivity (Wildman–Crippen MR) is 70.5 cm³/mol. The number of imide groups is 1. The van der Waals surface area contributed by atoms with E-state index in [9.17, 15) is 9.59 Å². The zero-order valence-electron chi connectivity index (χ0n) is 10.6. The Hall–Kier alpha value is -0.610. The zero-order valence-corrected chi connectivity index (χ0v) is 11.4. The largest absolute Gasteiger partial charge is 0.316 e. The van der Waals surface area contributed by atoms with Crippen LogP contribution in [0.1, 0.15) is 44.9 Å². The molecule has 1 unspecified atom stereocenters. The third kappa shape index (κ3) is 2.05. The van der Waals surface area contributed by atoms with E-state index in [1.54, 1.807) is 4.90 Å². The van der Waals surface area contributed by atoms with Gasteiger partial charge in [0.1, 0.15) is 0 Å². The Bertz CT molecular complexity index is 347. The third-order valence-electron chi connectivity index (χ3n) is 4.59. The normalized spacial score (nSPS) is 33.2. The van der Waals surface area contributed by atoms with Gasteiger partial charge in [-0.25, -0.2) is 0 Å². The third-order valence-corrected chi connectivity index (χ3v) is 4.59. The van der Waals surface area contributed by atoms with Crippen molar-refractivity contribution in [3.05, 3.63) is 0 Å². The molecule has 1 saturated carbocycles. The van der Waals surface area contributed by atoms with E-state index < -0.39 is 5.41 Å². The average molecular weight is 273 g/mol. The fourth-order valence-corrected chi connectivity index (χ4v) is 3.65. The topological polar surface area (TPSA) is 49.4 Å². The lowest BCUT2D eigenvalue weighted by molar-refractivity contribution is -0.144. The molecule has 4 nitrogen and oxygen atoms in total. The van der Waals surface area contributed by atoms with E-state index in [4.69, 9.17) is 0 Å². The van der Waals surface area contributed by atoms with Crippen LogP contribution in [-0.4, -0.2) is 35.8 Å². The zero-order chi connectivity index (χ0) is 11.9. The van der Waals surface area contributed by atoms with E-state index in [2.05, 4.69) is 5.32 Å². The van der Waals surface area contributed by atoms with Gasteiger partial charge in [-0.15, -0.1) is 12.4 Å². The van der Waals surface area contributed by atoms with Crippen LogP contribution in [0.25, 0.3) is 0 Å². The molecule has 3 rings (SSSR count). The van der Waals surface area contributed by atoms with E-state index in [-0.39, 0.29) is 30.3 Å². The maximum absolute atomic E-state index is 12.5. The Morgan fingerprint density at radius 2 is 1.89 bits per heavy atom. The first-order valence-electron chi connectivity index (χ1n) is 6.80. The Balaban J connectivity index is 0.00000120. The molecule has 3 fully saturated rings. The molecule has 3 aliphatic rings. The van der Waals surface area contributed by atoms with Crippen LogP contribution in [0.15, 0.2) is 0 Å². The Morgan fingerprint density at radius 3 is 2.50 bits per heavy atom. The second kappa shape index (κ2) is 5.17. The highest BCUT2D eigenvalue weighted by Crippen LogP contribution is 2.41. The van der Waals surface area contributed by atoms with Crippen LogP contribution in [-0.2, 0) is 9.59 Å². The van der Waals surface area contributed by atoms with E-state index in [1.807, 2.05) is 0 Å². The summed E-state index contributed by atoms with van der Waals surface area (Å²) in [4.78, 5) is 26.3. The van der Waals surface area contributed by atoms with Crippen LogP contribution in [0.2, 0.25) is 0 Å². The molecule has 2 saturated heterocycles. The monoisotopic (exact) mass is 272 g/mol. The van der Waals surface area contributed by atoms with Gasteiger partial charge < -0.3 is 5.32 Å². The van der Waals surface area contributed by atoms with Crippen molar-refractivity contribution in [2.24, 2.45) is 5.41 Å². The molecule has 0 bridgehead atoms. The van der Waals surface area contributed by atoms with Crippen LogP contribution in [0.4, 0.5) is 0 Å². The van der Waals surface area contributed by atoms with Crippen molar-refractivity contribution >= 4 is 24.2 Å². The van der Waals surface area contributed by atoms with E-state index in [0.29, 0.717) is 13.0 Å². The van der Waals surface area contributed by atoms with Gasteiger partial charge >= 0.3 is 0 Å². The van der Waals surface area contributed by atoms with Gasteiger partial charge in [0.15, 0.2) is 0 Å². The van der Waals surface area contributed by atoms with Gasteiger partial charge in [-0.2, -0.15) is 0 Å². The van der Waals surface area contributed by atoms with E-state index in [1.165, 1.54) is 0 Å². The molecule has 5 heteroatoms. The fraction of sp³-hybridized carbons (Fsp3) is 0.846. The molecule has 2 heterocycles. The lowest BCUT2D eigenvalue weighted by atomic mass is 9.79. The molecule has 2 aliphatic heterocycles. The Kier molecular flexibility index (Phi) is 3.97. The average Bonchev–Trinajstić information content (AvgIpc) is 2.90. The molecule has 102 valence electrons. The van der Waals surface area contributed by atoms with Gasteiger partial charge in [0, 0.05) is 19.0 Å². The van der Waals surface area contributed by atoms with Crippen molar-refractivity contribution in [1.82, 2.24) is 10.2 Å². The predicted octanol–water partition coefficient (Wildman–Crippen LogP) is 1.48. The second-order valence-corrected chi connectivity index (χ2v) is 5.74. The number of hydrogen-bond donors (Lipinski definition) is 1. The summed E-state index contributed by atoms with van der Waals surface area (Å²) in [5, 5.41) is 3.28. The minimum atomic E-state index is -0.391. The van der Waals surface area contributed by atoms with Crippen LogP contribution in [0.5, 0.6) is 0 Å². The minimum Gasteiger partial charge on any atom is -0.316 e. The van der Waals surface area contributed by atoms with E-state index >= 15 is 0 Å². The van der Waals surface area contributed by atoms with Crippen molar-refractivity contribution in [1.29, 1.82) is 0 Å². The first-order chi connectivity index (χ1) is 8.23. The molecular weight excluding hydrogens is 252 g/mol. The van der Waals surface area contributed by atoms with Crippen LogP contribution in [0, 0.1) is 5.41 Å². The summed E-state index contributed by atoms with van der Waals surface area (Å²) in [7, 11) is 0. The molecule has 0 aromatic carbocycles. The Morgan fingerprint density at radius 1 is 1.17 bits per heavy atom. The summed E-state index contributed by atoms with van der Waals surface area (Å²) in [6.07, 6.45) is 6.68. The standard InChI is InChI=1S/C13H20N2O2.ClH/c16-11-8-13(6-3-7-14-9-13)12(17)15(11)10-4-1-2-5-10;/h10,14H,1-9H2;1H. The van der Waals surface area contributed by atoms with Crippen LogP contribution in [0.3, 0.4) is 0 Å². The summed E-state index contributed by atoms with van der Waals surface area (Å²) in [6, 6.07) is 0.205. The lowest BCUT2D eigenvalue weighted by Gasteiger charge is -2.32. The number of halogens is 1. The van der Waals surface area contributed by atoms with Gasteiger partial charge in [0.05, 0.1) is 5.41 Å². The number of piperidine rings is 1. The maximum atomic E-state index is 12.5. The van der Waals surface area contributed by atoms with Crippen LogP contribution < -0.4 is 5.32 Å². The first kappa shape index (κ1) is 13.8. The summed E-state index contributed by atoms with van der Waals surface area (Å²) < 4.78 is 0. The quantitative estimate of drug-likeness (QED) is 0.736.